The van der Waals surface area contributed by atoms with Gasteiger partial charge in [0.1, 0.15) is 0 Å². The molecule has 2 heterocycles. The van der Waals surface area contributed by atoms with E-state index in [1.165, 1.54) is 6.42 Å². The summed E-state index contributed by atoms with van der Waals surface area (Å²) in [6.07, 6.45) is 3.96. The monoisotopic (exact) mass is 280 g/mol. The molecule has 0 saturated carbocycles. The minimum atomic E-state index is -0.992. The number of aromatic nitrogens is 2. The van der Waals surface area contributed by atoms with Crippen LogP contribution in [-0.4, -0.2) is 46.0 Å². The highest BCUT2D eigenvalue weighted by Crippen LogP contribution is 2.22. The fourth-order valence-corrected chi connectivity index (χ4v) is 2.85. The number of carbonyl (C=O) groups is 1. The quantitative estimate of drug-likeness (QED) is 0.863. The third-order valence-corrected chi connectivity index (χ3v) is 3.89. The first-order valence-electron chi connectivity index (χ1n) is 7.16. The molecule has 6 nitrogen and oxygen atoms in total. The normalized spacial score (nSPS) is 21.3. The fraction of sp³-hybridized carbons (Fsp3) is 0.714. The van der Waals surface area contributed by atoms with Crippen LogP contribution in [0.15, 0.2) is 12.4 Å². The van der Waals surface area contributed by atoms with Crippen LogP contribution in [0.25, 0.3) is 0 Å². The van der Waals surface area contributed by atoms with Crippen LogP contribution < -0.4 is 5.32 Å². The van der Waals surface area contributed by atoms with Crippen molar-refractivity contribution in [2.45, 2.75) is 32.9 Å². The summed E-state index contributed by atoms with van der Waals surface area (Å²) in [5.41, 5.74) is 0.939. The number of nitrogens with one attached hydrogen (secondary N) is 1. The Morgan fingerprint density at radius 3 is 2.90 bits per heavy atom. The van der Waals surface area contributed by atoms with Crippen molar-refractivity contribution in [2.75, 3.05) is 20.1 Å². The lowest BCUT2D eigenvalue weighted by atomic mass is 9.99. The van der Waals surface area contributed by atoms with E-state index in [9.17, 15) is 4.79 Å². The minimum Gasteiger partial charge on any atom is -0.465 e. The summed E-state index contributed by atoms with van der Waals surface area (Å²) in [5.74, 6) is 0.832. The van der Waals surface area contributed by atoms with Gasteiger partial charge in [-0.15, -0.1) is 0 Å². The van der Waals surface area contributed by atoms with Crippen molar-refractivity contribution < 1.29 is 9.90 Å². The van der Waals surface area contributed by atoms with E-state index in [1.807, 2.05) is 24.7 Å². The first-order chi connectivity index (χ1) is 9.45. The minimum absolute atomic E-state index is 0.196. The van der Waals surface area contributed by atoms with E-state index in [4.69, 9.17) is 5.11 Å². The molecule has 1 saturated heterocycles. The molecule has 112 valence electrons. The summed E-state index contributed by atoms with van der Waals surface area (Å²) in [6, 6.07) is -0.201. The number of carboxylic acid groups (broad SMARTS) is 1. The van der Waals surface area contributed by atoms with Crippen molar-refractivity contribution in [3.05, 3.63) is 18.0 Å². The second-order valence-electron chi connectivity index (χ2n) is 6.08. The lowest BCUT2D eigenvalue weighted by Gasteiger charge is -2.19. The summed E-state index contributed by atoms with van der Waals surface area (Å²) < 4.78 is 1.94. The van der Waals surface area contributed by atoms with Gasteiger partial charge in [-0.25, -0.2) is 4.79 Å². The largest absolute Gasteiger partial charge is 0.465 e. The molecule has 2 N–H and O–H groups in total. The van der Waals surface area contributed by atoms with Gasteiger partial charge in [0.05, 0.1) is 12.2 Å². The van der Waals surface area contributed by atoms with Crippen LogP contribution in [-0.2, 0) is 6.54 Å². The molecule has 0 aliphatic carbocycles. The van der Waals surface area contributed by atoms with Crippen LogP contribution in [0.5, 0.6) is 0 Å². The number of amides is 1. The summed E-state index contributed by atoms with van der Waals surface area (Å²) in [6.45, 7) is 7.17. The average Bonchev–Trinajstić information content (AvgIpc) is 2.96. The standard InChI is InChI=1S/C14H24N4O2/c1-10(2)13(16-14(19)20)12-6-15-18(9-12)8-11-4-5-17(3)7-11/h6,9-11,13,16H,4-5,7-8H2,1-3H3,(H,19,20)/t11?,13-/m0/s1. The average molecular weight is 280 g/mol. The molecule has 1 aromatic rings. The highest BCUT2D eigenvalue weighted by molar-refractivity contribution is 5.65. The van der Waals surface area contributed by atoms with E-state index in [0.29, 0.717) is 5.92 Å². The lowest BCUT2D eigenvalue weighted by Crippen LogP contribution is -2.30. The Kier molecular flexibility index (Phi) is 4.65. The van der Waals surface area contributed by atoms with Crippen LogP contribution in [0, 0.1) is 11.8 Å². The van der Waals surface area contributed by atoms with Gasteiger partial charge in [0, 0.05) is 24.8 Å². The Balaban J connectivity index is 2.01. The van der Waals surface area contributed by atoms with Gasteiger partial charge in [-0.2, -0.15) is 5.10 Å². The van der Waals surface area contributed by atoms with Crippen molar-refractivity contribution in [3.8, 4) is 0 Å². The van der Waals surface area contributed by atoms with Crippen LogP contribution in [0.1, 0.15) is 31.9 Å². The molecule has 1 unspecified atom stereocenters. The molecule has 2 atom stereocenters. The highest BCUT2D eigenvalue weighted by atomic mass is 16.4. The zero-order valence-corrected chi connectivity index (χ0v) is 12.4. The Labute approximate surface area is 119 Å². The van der Waals surface area contributed by atoms with E-state index >= 15 is 0 Å². The Morgan fingerprint density at radius 2 is 2.35 bits per heavy atom. The second-order valence-corrected chi connectivity index (χ2v) is 6.08. The molecular weight excluding hydrogens is 256 g/mol. The topological polar surface area (TPSA) is 70.4 Å². The first-order valence-corrected chi connectivity index (χ1v) is 7.16. The van der Waals surface area contributed by atoms with Gasteiger partial charge < -0.3 is 15.3 Å². The SMILES string of the molecule is CC(C)[C@H](NC(=O)O)c1cnn(CC2CCN(C)C2)c1. The number of nitrogens with zero attached hydrogens (tertiary/aromatic N) is 3. The van der Waals surface area contributed by atoms with E-state index in [1.54, 1.807) is 6.20 Å². The van der Waals surface area contributed by atoms with E-state index in [2.05, 4.69) is 22.4 Å². The zero-order chi connectivity index (χ0) is 14.7. The smallest absolute Gasteiger partial charge is 0.405 e. The molecule has 0 radical (unpaired) electrons. The molecule has 6 heteroatoms. The van der Waals surface area contributed by atoms with Crippen molar-refractivity contribution in [3.63, 3.8) is 0 Å². The van der Waals surface area contributed by atoms with E-state index in [0.717, 1.165) is 25.2 Å². The van der Waals surface area contributed by atoms with E-state index in [-0.39, 0.29) is 12.0 Å². The molecule has 1 fully saturated rings. The predicted molar refractivity (Wildman–Crippen MR) is 76.6 cm³/mol. The van der Waals surface area contributed by atoms with Gasteiger partial charge in [0.2, 0.25) is 0 Å². The molecule has 20 heavy (non-hydrogen) atoms. The maximum Gasteiger partial charge on any atom is 0.405 e. The Morgan fingerprint density at radius 1 is 1.60 bits per heavy atom. The Bertz CT molecular complexity index is 458. The molecule has 0 bridgehead atoms. The van der Waals surface area contributed by atoms with Crippen molar-refractivity contribution >= 4 is 6.09 Å². The summed E-state index contributed by atoms with van der Waals surface area (Å²) >= 11 is 0. The molecule has 0 spiro atoms. The number of hydrogen-bond donors (Lipinski definition) is 2. The third-order valence-electron chi connectivity index (χ3n) is 3.89. The Hall–Kier alpha value is -1.56. The van der Waals surface area contributed by atoms with Gasteiger partial charge in [-0.1, -0.05) is 13.8 Å². The molecular formula is C14H24N4O2. The highest BCUT2D eigenvalue weighted by Gasteiger charge is 2.22. The van der Waals surface area contributed by atoms with Crippen LogP contribution in [0.2, 0.25) is 0 Å². The van der Waals surface area contributed by atoms with Crippen molar-refractivity contribution in [1.29, 1.82) is 0 Å². The van der Waals surface area contributed by atoms with Gasteiger partial charge >= 0.3 is 6.09 Å². The van der Waals surface area contributed by atoms with Gasteiger partial charge in [0.25, 0.3) is 0 Å². The second kappa shape index (κ2) is 6.26. The van der Waals surface area contributed by atoms with Gasteiger partial charge in [0.15, 0.2) is 0 Å². The molecule has 1 aliphatic heterocycles. The molecule has 2 rings (SSSR count). The summed E-state index contributed by atoms with van der Waals surface area (Å²) in [5, 5.41) is 15.9. The third kappa shape index (κ3) is 3.72. The van der Waals surface area contributed by atoms with Crippen molar-refractivity contribution in [1.82, 2.24) is 20.0 Å². The van der Waals surface area contributed by atoms with Crippen LogP contribution >= 0.6 is 0 Å². The maximum atomic E-state index is 10.9. The van der Waals surface area contributed by atoms with Crippen molar-refractivity contribution in [2.24, 2.45) is 11.8 Å². The molecule has 1 aliphatic rings. The molecule has 0 aromatic carbocycles. The maximum absolute atomic E-state index is 10.9. The lowest BCUT2D eigenvalue weighted by molar-refractivity contribution is 0.186. The molecule has 1 amide bonds. The number of hydrogen-bond acceptors (Lipinski definition) is 3. The number of likely N-dealkylation sites (tertiary alicyclic amines) is 1. The van der Waals surface area contributed by atoms with Gasteiger partial charge in [-0.05, 0) is 31.8 Å². The summed E-state index contributed by atoms with van der Waals surface area (Å²) in [4.78, 5) is 13.2. The van der Waals surface area contributed by atoms with E-state index < -0.39 is 6.09 Å². The first kappa shape index (κ1) is 14.8. The predicted octanol–water partition coefficient (Wildman–Crippen LogP) is 1.80. The molecule has 1 aromatic heterocycles. The van der Waals surface area contributed by atoms with Crippen LogP contribution in [0.3, 0.4) is 0 Å². The van der Waals surface area contributed by atoms with Crippen LogP contribution in [0.4, 0.5) is 4.79 Å². The number of rotatable bonds is 5. The zero-order valence-electron chi connectivity index (χ0n) is 12.4. The summed E-state index contributed by atoms with van der Waals surface area (Å²) in [7, 11) is 2.14. The van der Waals surface area contributed by atoms with Gasteiger partial charge in [-0.3, -0.25) is 4.68 Å². The fourth-order valence-electron chi connectivity index (χ4n) is 2.85.